The molecule has 0 spiro atoms. The number of rotatable bonds is 4. The lowest BCUT2D eigenvalue weighted by Crippen LogP contribution is -2.51. The van der Waals surface area contributed by atoms with Gasteiger partial charge >= 0.3 is 0 Å². The molecule has 4 rings (SSSR count). The maximum Gasteiger partial charge on any atom is 0.257 e. The first-order chi connectivity index (χ1) is 18.4. The molecular formula is C31H46N4O3. The zero-order chi connectivity index (χ0) is 27.1. The van der Waals surface area contributed by atoms with Crippen LogP contribution in [0.2, 0.25) is 0 Å². The summed E-state index contributed by atoms with van der Waals surface area (Å²) in [6.07, 6.45) is 10.4. The first-order valence-corrected chi connectivity index (χ1v) is 14.7. The second-order valence-electron chi connectivity index (χ2n) is 11.0. The van der Waals surface area contributed by atoms with Crippen LogP contribution in [-0.2, 0) is 18.3 Å². The van der Waals surface area contributed by atoms with E-state index in [1.807, 2.05) is 54.7 Å². The van der Waals surface area contributed by atoms with Crippen LogP contribution in [0.5, 0.6) is 5.75 Å². The molecule has 2 aromatic rings. The molecule has 0 bridgehead atoms. The summed E-state index contributed by atoms with van der Waals surface area (Å²) < 4.78 is 8.58. The second-order valence-corrected chi connectivity index (χ2v) is 11.0. The normalized spacial score (nSPS) is 21.6. The van der Waals surface area contributed by atoms with Gasteiger partial charge in [0, 0.05) is 38.8 Å². The first kappa shape index (κ1) is 28.2. The van der Waals surface area contributed by atoms with Gasteiger partial charge in [0.1, 0.15) is 11.9 Å². The van der Waals surface area contributed by atoms with Crippen molar-refractivity contribution in [1.82, 2.24) is 19.6 Å². The van der Waals surface area contributed by atoms with Gasteiger partial charge in [-0.3, -0.25) is 14.3 Å². The maximum atomic E-state index is 13.8. The first-order valence-electron chi connectivity index (χ1n) is 14.7. The summed E-state index contributed by atoms with van der Waals surface area (Å²) >= 11 is 0. The van der Waals surface area contributed by atoms with Crippen LogP contribution in [0.25, 0.3) is 0 Å². The van der Waals surface area contributed by atoms with Gasteiger partial charge in [-0.2, -0.15) is 5.10 Å². The van der Waals surface area contributed by atoms with Crippen LogP contribution in [0.3, 0.4) is 0 Å². The topological polar surface area (TPSA) is 67.7 Å². The van der Waals surface area contributed by atoms with Crippen molar-refractivity contribution in [3.8, 4) is 5.75 Å². The molecule has 2 aliphatic rings. The van der Waals surface area contributed by atoms with E-state index in [4.69, 9.17) is 4.74 Å². The number of aromatic nitrogens is 2. The number of ether oxygens (including phenoxy) is 1. The number of benzene rings is 1. The third kappa shape index (κ3) is 6.59. The summed E-state index contributed by atoms with van der Waals surface area (Å²) in [7, 11) is 1.96. The van der Waals surface area contributed by atoms with Gasteiger partial charge in [-0.1, -0.05) is 37.8 Å². The average molecular weight is 523 g/mol. The van der Waals surface area contributed by atoms with E-state index in [2.05, 4.69) is 16.9 Å². The van der Waals surface area contributed by atoms with E-state index in [0.29, 0.717) is 30.7 Å². The molecule has 0 unspecified atom stereocenters. The van der Waals surface area contributed by atoms with Crippen LogP contribution in [0, 0.1) is 13.8 Å². The SMILES string of the molecule is CCN1CCCCCCCN(C(=O)CCc2c(C)nn(C)c2C)[C@@H]2CCCC[C@@H]2Oc2ccccc2C1=O. The smallest absolute Gasteiger partial charge is 0.257 e. The van der Waals surface area contributed by atoms with Crippen LogP contribution >= 0.6 is 0 Å². The van der Waals surface area contributed by atoms with Gasteiger partial charge in [-0.15, -0.1) is 0 Å². The minimum atomic E-state index is -0.108. The zero-order valence-electron chi connectivity index (χ0n) is 23.9. The highest BCUT2D eigenvalue weighted by atomic mass is 16.5. The number of para-hydroxylation sites is 1. The quantitative estimate of drug-likeness (QED) is 0.523. The van der Waals surface area contributed by atoms with E-state index in [1.54, 1.807) is 0 Å². The van der Waals surface area contributed by atoms with E-state index < -0.39 is 0 Å². The Labute approximate surface area is 228 Å². The van der Waals surface area contributed by atoms with Crippen molar-refractivity contribution < 1.29 is 14.3 Å². The summed E-state index contributed by atoms with van der Waals surface area (Å²) in [5, 5.41) is 4.54. The summed E-state index contributed by atoms with van der Waals surface area (Å²) in [4.78, 5) is 31.4. The predicted molar refractivity (Wildman–Crippen MR) is 150 cm³/mol. The molecule has 1 aromatic carbocycles. The number of aryl methyl sites for hydroxylation is 2. The van der Waals surface area contributed by atoms with Crippen LogP contribution in [0.4, 0.5) is 0 Å². The van der Waals surface area contributed by atoms with Crippen molar-refractivity contribution in [1.29, 1.82) is 0 Å². The molecule has 0 radical (unpaired) electrons. The minimum Gasteiger partial charge on any atom is -0.487 e. The molecule has 208 valence electrons. The summed E-state index contributed by atoms with van der Waals surface area (Å²) in [6, 6.07) is 7.69. The Morgan fingerprint density at radius 1 is 1.00 bits per heavy atom. The van der Waals surface area contributed by atoms with Crippen molar-refractivity contribution in [2.24, 2.45) is 7.05 Å². The molecular weight excluding hydrogens is 476 g/mol. The number of hydrogen-bond acceptors (Lipinski definition) is 4. The Balaban J connectivity index is 1.59. The molecule has 7 nitrogen and oxygen atoms in total. The Morgan fingerprint density at radius 3 is 2.45 bits per heavy atom. The monoisotopic (exact) mass is 522 g/mol. The fourth-order valence-corrected chi connectivity index (χ4v) is 6.20. The maximum absolute atomic E-state index is 13.8. The van der Waals surface area contributed by atoms with Crippen LogP contribution in [-0.4, -0.2) is 63.2 Å². The average Bonchev–Trinajstić information content (AvgIpc) is 3.16. The Hall–Kier alpha value is -2.83. The Morgan fingerprint density at radius 2 is 1.71 bits per heavy atom. The highest BCUT2D eigenvalue weighted by Crippen LogP contribution is 2.31. The molecule has 1 saturated carbocycles. The Kier molecular flexibility index (Phi) is 9.86. The molecule has 1 aliphatic heterocycles. The highest BCUT2D eigenvalue weighted by Gasteiger charge is 2.35. The molecule has 1 aromatic heterocycles. The molecule has 38 heavy (non-hydrogen) atoms. The van der Waals surface area contributed by atoms with E-state index in [-0.39, 0.29) is 24.0 Å². The van der Waals surface area contributed by atoms with Crippen LogP contribution < -0.4 is 4.74 Å². The van der Waals surface area contributed by atoms with Crippen molar-refractivity contribution >= 4 is 11.8 Å². The lowest BCUT2D eigenvalue weighted by Gasteiger charge is -2.40. The minimum absolute atomic E-state index is 0.0305. The number of hydrogen-bond donors (Lipinski definition) is 0. The van der Waals surface area contributed by atoms with Gasteiger partial charge in [0.05, 0.1) is 17.3 Å². The molecule has 0 saturated heterocycles. The van der Waals surface area contributed by atoms with Crippen molar-refractivity contribution in [3.63, 3.8) is 0 Å². The molecule has 2 amide bonds. The van der Waals surface area contributed by atoms with Crippen molar-refractivity contribution in [2.75, 3.05) is 19.6 Å². The summed E-state index contributed by atoms with van der Waals surface area (Å²) in [6.45, 7) is 8.39. The molecule has 2 atom stereocenters. The van der Waals surface area contributed by atoms with Crippen molar-refractivity contribution in [3.05, 3.63) is 46.8 Å². The number of fused-ring (bicyclic) bond motifs is 2. The molecule has 2 heterocycles. The van der Waals surface area contributed by atoms with Crippen molar-refractivity contribution in [2.45, 2.75) is 104 Å². The molecule has 1 fully saturated rings. The lowest BCUT2D eigenvalue weighted by atomic mass is 9.90. The molecule has 1 aliphatic carbocycles. The predicted octanol–water partition coefficient (Wildman–Crippen LogP) is 5.61. The molecule has 0 N–H and O–H groups in total. The van der Waals surface area contributed by atoms with Crippen LogP contribution in [0.1, 0.15) is 98.4 Å². The van der Waals surface area contributed by atoms with Gasteiger partial charge in [0.25, 0.3) is 5.91 Å². The fraction of sp³-hybridized carbons (Fsp3) is 0.645. The summed E-state index contributed by atoms with van der Waals surface area (Å²) in [5.41, 5.74) is 3.96. The van der Waals surface area contributed by atoms with E-state index >= 15 is 0 Å². The van der Waals surface area contributed by atoms with E-state index in [9.17, 15) is 9.59 Å². The lowest BCUT2D eigenvalue weighted by molar-refractivity contribution is -0.136. The highest BCUT2D eigenvalue weighted by molar-refractivity contribution is 5.97. The van der Waals surface area contributed by atoms with E-state index in [0.717, 1.165) is 82.3 Å². The zero-order valence-corrected chi connectivity index (χ0v) is 23.9. The van der Waals surface area contributed by atoms with Gasteiger partial charge in [0.15, 0.2) is 0 Å². The second kappa shape index (κ2) is 13.3. The van der Waals surface area contributed by atoms with E-state index in [1.165, 1.54) is 5.56 Å². The Bertz CT molecular complexity index is 1090. The van der Waals surface area contributed by atoms with Gasteiger partial charge in [-0.05, 0) is 77.0 Å². The third-order valence-corrected chi connectivity index (χ3v) is 8.53. The number of carbonyl (C=O) groups is 2. The fourth-order valence-electron chi connectivity index (χ4n) is 6.20. The molecule has 7 heteroatoms. The van der Waals surface area contributed by atoms with Gasteiger partial charge < -0.3 is 14.5 Å². The largest absolute Gasteiger partial charge is 0.487 e. The van der Waals surface area contributed by atoms with Gasteiger partial charge in [-0.25, -0.2) is 0 Å². The standard InChI is InChI=1S/C31H46N4O3/c1-5-34-21-13-7-6-8-14-22-35(30(36)20-19-25-23(2)32-33(4)24(25)3)27-16-10-12-18-29(27)38-28-17-11-9-15-26(28)31(34)37/h9,11,15,17,27,29H,5-8,10,12-14,16,18-22H2,1-4H3/t27-,29+/m1/s1. The van der Waals surface area contributed by atoms with Crippen LogP contribution in [0.15, 0.2) is 24.3 Å². The van der Waals surface area contributed by atoms with Gasteiger partial charge in [0.2, 0.25) is 5.91 Å². The third-order valence-electron chi connectivity index (χ3n) is 8.53. The number of amides is 2. The number of carbonyl (C=O) groups excluding carboxylic acids is 2. The summed E-state index contributed by atoms with van der Waals surface area (Å²) in [5.74, 6) is 0.899. The number of nitrogens with zero attached hydrogens (tertiary/aromatic N) is 4.